The minimum absolute atomic E-state index is 0.282. The van der Waals surface area contributed by atoms with Crippen molar-refractivity contribution in [3.05, 3.63) is 80.5 Å². The molecule has 0 aliphatic carbocycles. The molecule has 140 valence electrons. The van der Waals surface area contributed by atoms with Gasteiger partial charge in [-0.25, -0.2) is 4.79 Å². The monoisotopic (exact) mass is 374 g/mol. The maximum atomic E-state index is 12.8. The van der Waals surface area contributed by atoms with Crippen LogP contribution in [0.1, 0.15) is 12.5 Å². The number of fused-ring (bicyclic) bond motifs is 3. The average molecular weight is 374 g/mol. The first kappa shape index (κ1) is 17.5. The molecule has 0 aliphatic heterocycles. The number of aromatic nitrogens is 3. The summed E-state index contributed by atoms with van der Waals surface area (Å²) in [4.78, 5) is 31.0. The van der Waals surface area contributed by atoms with E-state index >= 15 is 0 Å². The molecule has 0 bridgehead atoms. The Labute approximate surface area is 159 Å². The highest BCUT2D eigenvalue weighted by Gasteiger charge is 2.13. The second-order valence-electron chi connectivity index (χ2n) is 6.38. The molecule has 0 radical (unpaired) electrons. The van der Waals surface area contributed by atoms with Crippen molar-refractivity contribution in [2.24, 2.45) is 5.10 Å². The number of nitrogens with one attached hydrogen (secondary N) is 2. The summed E-state index contributed by atoms with van der Waals surface area (Å²) in [5.74, 6) is 0.637. The van der Waals surface area contributed by atoms with Crippen molar-refractivity contribution in [2.75, 3.05) is 7.11 Å². The van der Waals surface area contributed by atoms with Gasteiger partial charge in [0.05, 0.1) is 18.8 Å². The molecule has 4 aromatic rings. The zero-order valence-corrected chi connectivity index (χ0v) is 15.4. The summed E-state index contributed by atoms with van der Waals surface area (Å²) in [6.45, 7) is 1.85. The lowest BCUT2D eigenvalue weighted by Gasteiger charge is -1.99. The Morgan fingerprint density at radius 1 is 1.07 bits per heavy atom. The molecule has 0 spiro atoms. The van der Waals surface area contributed by atoms with Crippen LogP contribution in [-0.4, -0.2) is 28.0 Å². The van der Waals surface area contributed by atoms with Gasteiger partial charge in [-0.05, 0) is 36.3 Å². The zero-order chi connectivity index (χ0) is 19.7. The van der Waals surface area contributed by atoms with Crippen LogP contribution in [0.2, 0.25) is 0 Å². The molecule has 0 aliphatic rings. The topological polar surface area (TPSA) is 92.2 Å². The van der Waals surface area contributed by atoms with Crippen LogP contribution in [0, 0.1) is 0 Å². The Morgan fingerprint density at radius 2 is 1.86 bits per heavy atom. The van der Waals surface area contributed by atoms with E-state index in [1.165, 1.54) is 6.21 Å². The summed E-state index contributed by atoms with van der Waals surface area (Å²) in [6.07, 6.45) is 3.40. The molecule has 2 aromatic carbocycles. The zero-order valence-electron chi connectivity index (χ0n) is 15.4. The first-order valence-corrected chi connectivity index (χ1v) is 8.69. The fourth-order valence-corrected chi connectivity index (χ4v) is 3.05. The molecule has 0 atom stereocenters. The largest absolute Gasteiger partial charge is 0.497 e. The number of H-pyrrole nitrogens is 2. The number of hydrogen-bond acceptors (Lipinski definition) is 4. The van der Waals surface area contributed by atoms with Gasteiger partial charge in [0.15, 0.2) is 0 Å². The van der Waals surface area contributed by atoms with Gasteiger partial charge in [-0.1, -0.05) is 36.4 Å². The number of methoxy groups -OCH3 is 1. The van der Waals surface area contributed by atoms with Crippen LogP contribution in [0.15, 0.2) is 68.8 Å². The second kappa shape index (κ2) is 7.03. The Morgan fingerprint density at radius 3 is 2.61 bits per heavy atom. The van der Waals surface area contributed by atoms with Gasteiger partial charge in [0.25, 0.3) is 0 Å². The van der Waals surface area contributed by atoms with Gasteiger partial charge in [0.2, 0.25) is 0 Å². The van der Waals surface area contributed by atoms with E-state index in [0.717, 1.165) is 21.3 Å². The summed E-state index contributed by atoms with van der Waals surface area (Å²) in [5.41, 5.74) is 2.14. The Bertz CT molecular complexity index is 1340. The highest BCUT2D eigenvalue weighted by Crippen LogP contribution is 2.25. The lowest BCUT2D eigenvalue weighted by Crippen LogP contribution is -2.32. The van der Waals surface area contributed by atoms with E-state index in [0.29, 0.717) is 16.7 Å². The number of benzene rings is 2. The number of rotatable bonds is 4. The quantitative estimate of drug-likeness (QED) is 0.538. The number of ether oxygens (including phenoxy) is 1. The van der Waals surface area contributed by atoms with Gasteiger partial charge >= 0.3 is 11.2 Å². The molecule has 2 aromatic heterocycles. The SMILES string of the molecule is COc1ccc2[nH]c3c(=O)n(/N=C/C(C)=C/c4ccccc4)c(=O)[nH]c3c2c1. The fourth-order valence-electron chi connectivity index (χ4n) is 3.05. The van der Waals surface area contributed by atoms with E-state index in [1.807, 2.05) is 43.3 Å². The molecule has 7 heteroatoms. The third kappa shape index (κ3) is 3.14. The summed E-state index contributed by atoms with van der Waals surface area (Å²) in [5, 5.41) is 4.79. The maximum Gasteiger partial charge on any atom is 0.350 e. The number of aromatic amines is 2. The fraction of sp³-hybridized carbons (Fsp3) is 0.0952. The van der Waals surface area contributed by atoms with E-state index in [9.17, 15) is 9.59 Å². The van der Waals surface area contributed by atoms with Gasteiger partial charge in [-0.15, -0.1) is 4.68 Å². The van der Waals surface area contributed by atoms with Gasteiger partial charge in [-0.2, -0.15) is 5.10 Å². The molecule has 0 amide bonds. The maximum absolute atomic E-state index is 12.8. The van der Waals surface area contributed by atoms with E-state index < -0.39 is 11.2 Å². The van der Waals surface area contributed by atoms with Crippen LogP contribution in [-0.2, 0) is 0 Å². The molecule has 4 rings (SSSR count). The van der Waals surface area contributed by atoms with Crippen molar-refractivity contribution in [1.29, 1.82) is 0 Å². The lowest BCUT2D eigenvalue weighted by atomic mass is 10.1. The van der Waals surface area contributed by atoms with Crippen molar-refractivity contribution >= 4 is 34.2 Å². The molecule has 0 fully saturated rings. The van der Waals surface area contributed by atoms with Crippen LogP contribution in [0.3, 0.4) is 0 Å². The van der Waals surface area contributed by atoms with Crippen LogP contribution >= 0.6 is 0 Å². The number of nitrogens with zero attached hydrogens (tertiary/aromatic N) is 2. The average Bonchev–Trinajstić information content (AvgIpc) is 3.06. The summed E-state index contributed by atoms with van der Waals surface area (Å²) < 4.78 is 6.04. The van der Waals surface area contributed by atoms with E-state index in [1.54, 1.807) is 25.3 Å². The van der Waals surface area contributed by atoms with Crippen LogP contribution < -0.4 is 16.0 Å². The first-order valence-electron chi connectivity index (χ1n) is 8.69. The minimum Gasteiger partial charge on any atom is -0.497 e. The smallest absolute Gasteiger partial charge is 0.350 e. The number of allylic oxidation sites excluding steroid dienone is 1. The summed E-state index contributed by atoms with van der Waals surface area (Å²) in [6, 6.07) is 15.1. The molecular formula is C21H18N4O3. The molecule has 0 unspecified atom stereocenters. The van der Waals surface area contributed by atoms with Crippen molar-refractivity contribution < 1.29 is 4.74 Å². The number of hydrogen-bond donors (Lipinski definition) is 2. The van der Waals surface area contributed by atoms with Gasteiger partial charge in [-0.3, -0.25) is 4.79 Å². The highest BCUT2D eigenvalue weighted by atomic mass is 16.5. The molecule has 0 saturated carbocycles. The van der Waals surface area contributed by atoms with Crippen molar-refractivity contribution in [1.82, 2.24) is 14.6 Å². The van der Waals surface area contributed by atoms with Crippen LogP contribution in [0.5, 0.6) is 5.75 Å². The Kier molecular flexibility index (Phi) is 4.41. The lowest BCUT2D eigenvalue weighted by molar-refractivity contribution is 0.415. The summed E-state index contributed by atoms with van der Waals surface area (Å²) >= 11 is 0. The van der Waals surface area contributed by atoms with Crippen LogP contribution in [0.25, 0.3) is 28.0 Å². The van der Waals surface area contributed by atoms with E-state index in [-0.39, 0.29) is 5.52 Å². The molecular weight excluding hydrogens is 356 g/mol. The Balaban J connectivity index is 1.80. The molecule has 2 N–H and O–H groups in total. The Hall–Kier alpha value is -3.87. The molecule has 7 nitrogen and oxygen atoms in total. The molecule has 0 saturated heterocycles. The third-order valence-corrected chi connectivity index (χ3v) is 4.41. The van der Waals surface area contributed by atoms with Crippen molar-refractivity contribution in [2.45, 2.75) is 6.92 Å². The predicted molar refractivity (Wildman–Crippen MR) is 111 cm³/mol. The van der Waals surface area contributed by atoms with Gasteiger partial charge in [0.1, 0.15) is 11.3 Å². The van der Waals surface area contributed by atoms with Gasteiger partial charge in [0, 0.05) is 10.9 Å². The van der Waals surface area contributed by atoms with Crippen molar-refractivity contribution in [3.63, 3.8) is 0 Å². The molecule has 2 heterocycles. The van der Waals surface area contributed by atoms with E-state index in [2.05, 4.69) is 15.1 Å². The van der Waals surface area contributed by atoms with Crippen LogP contribution in [0.4, 0.5) is 0 Å². The van der Waals surface area contributed by atoms with E-state index in [4.69, 9.17) is 4.74 Å². The van der Waals surface area contributed by atoms with Gasteiger partial charge < -0.3 is 14.7 Å². The standard InChI is InChI=1S/C21H18N4O3/c1-13(10-14-6-4-3-5-7-14)12-22-25-20(26)19-18(24-21(25)27)16-11-15(28-2)8-9-17(16)23-19/h3-12,23H,1-2H3,(H,24,27)/b13-10+,22-12+. The second-order valence-corrected chi connectivity index (χ2v) is 6.38. The first-order chi connectivity index (χ1) is 13.6. The minimum atomic E-state index is -0.606. The highest BCUT2D eigenvalue weighted by molar-refractivity contribution is 6.04. The molecule has 28 heavy (non-hydrogen) atoms. The predicted octanol–water partition coefficient (Wildman–Crippen LogP) is 3.12. The normalized spacial score (nSPS) is 12.3. The summed E-state index contributed by atoms with van der Waals surface area (Å²) in [7, 11) is 1.56. The van der Waals surface area contributed by atoms with Crippen molar-refractivity contribution in [3.8, 4) is 5.75 Å². The third-order valence-electron chi connectivity index (χ3n) is 4.41.